The van der Waals surface area contributed by atoms with Crippen LogP contribution in [0.4, 0.5) is 18.0 Å². The second-order valence-corrected chi connectivity index (χ2v) is 6.32. The number of amides is 2. The van der Waals surface area contributed by atoms with Gasteiger partial charge in [0.1, 0.15) is 0 Å². The summed E-state index contributed by atoms with van der Waals surface area (Å²) in [7, 11) is 1.70. The predicted molar refractivity (Wildman–Crippen MR) is 84.3 cm³/mol. The molecule has 4 nitrogen and oxygen atoms in total. The normalized spacial score (nSPS) is 21.4. The molecule has 0 spiro atoms. The van der Waals surface area contributed by atoms with Crippen LogP contribution in [0.25, 0.3) is 0 Å². The predicted octanol–water partition coefficient (Wildman–Crippen LogP) is 3.40. The number of nitrogens with one attached hydrogen (secondary N) is 1. The molecule has 1 aliphatic carbocycles. The monoisotopic (exact) mass is 344 g/mol. The van der Waals surface area contributed by atoms with Crippen LogP contribution in [0.5, 0.6) is 0 Å². The van der Waals surface area contributed by atoms with E-state index in [4.69, 9.17) is 5.11 Å². The van der Waals surface area contributed by atoms with E-state index in [9.17, 15) is 18.0 Å². The number of halogens is 3. The summed E-state index contributed by atoms with van der Waals surface area (Å²) >= 11 is 0. The molecule has 1 fully saturated rings. The summed E-state index contributed by atoms with van der Waals surface area (Å²) in [4.78, 5) is 13.8. The molecule has 0 unspecified atom stereocenters. The molecule has 1 saturated carbocycles. The number of benzene rings is 1. The van der Waals surface area contributed by atoms with E-state index >= 15 is 0 Å². The number of rotatable bonds is 4. The van der Waals surface area contributed by atoms with E-state index in [-0.39, 0.29) is 25.2 Å². The average Bonchev–Trinajstić information content (AvgIpc) is 2.58. The maximum atomic E-state index is 12.7. The number of hydrogen-bond acceptors (Lipinski definition) is 2. The number of hydrogen-bond donors (Lipinski definition) is 2. The summed E-state index contributed by atoms with van der Waals surface area (Å²) in [5, 5.41) is 11.8. The van der Waals surface area contributed by atoms with Gasteiger partial charge in [0.2, 0.25) is 0 Å². The van der Waals surface area contributed by atoms with Crippen molar-refractivity contribution in [3.8, 4) is 0 Å². The topological polar surface area (TPSA) is 52.6 Å². The van der Waals surface area contributed by atoms with Gasteiger partial charge < -0.3 is 15.3 Å². The van der Waals surface area contributed by atoms with Gasteiger partial charge in [0.15, 0.2) is 0 Å². The highest BCUT2D eigenvalue weighted by Crippen LogP contribution is 2.29. The van der Waals surface area contributed by atoms with Gasteiger partial charge in [0.05, 0.1) is 5.56 Å². The number of aliphatic hydroxyl groups excluding tert-OH is 1. The minimum atomic E-state index is -4.39. The third kappa shape index (κ3) is 4.87. The molecule has 1 aromatic rings. The summed E-state index contributed by atoms with van der Waals surface area (Å²) < 4.78 is 38.1. The molecule has 0 bridgehead atoms. The zero-order valence-corrected chi connectivity index (χ0v) is 13.6. The maximum Gasteiger partial charge on any atom is 0.416 e. The molecule has 2 N–H and O–H groups in total. The van der Waals surface area contributed by atoms with Crippen molar-refractivity contribution in [1.29, 1.82) is 0 Å². The average molecular weight is 344 g/mol. The van der Waals surface area contributed by atoms with Gasteiger partial charge in [0, 0.05) is 26.2 Å². The molecule has 7 heteroatoms. The van der Waals surface area contributed by atoms with Crippen molar-refractivity contribution >= 4 is 6.03 Å². The molecule has 134 valence electrons. The lowest BCUT2D eigenvalue weighted by Crippen LogP contribution is -2.45. The standard InChI is InChI=1S/C17H23F3N2O2/c1-22(15-7-5-12(11-23)6-8-15)16(24)21-10-13-3-2-4-14(9-13)17(18,19)20/h2-4,9,12,15,23H,5-8,10-11H2,1H3,(H,21,24). The fraction of sp³-hybridized carbons (Fsp3) is 0.588. The van der Waals surface area contributed by atoms with E-state index in [1.165, 1.54) is 6.07 Å². The summed E-state index contributed by atoms with van der Waals surface area (Å²) in [6.07, 6.45) is -0.960. The van der Waals surface area contributed by atoms with Gasteiger partial charge in [-0.15, -0.1) is 0 Å². The van der Waals surface area contributed by atoms with Crippen LogP contribution < -0.4 is 5.32 Å². The number of carbonyl (C=O) groups is 1. The molecule has 2 amide bonds. The molecule has 1 aliphatic rings. The van der Waals surface area contributed by atoms with E-state index in [0.717, 1.165) is 37.8 Å². The van der Waals surface area contributed by atoms with Crippen molar-refractivity contribution in [2.24, 2.45) is 5.92 Å². The van der Waals surface area contributed by atoms with Gasteiger partial charge in [-0.1, -0.05) is 12.1 Å². The molecular formula is C17H23F3N2O2. The second kappa shape index (κ2) is 7.88. The molecule has 0 atom stereocenters. The fourth-order valence-corrected chi connectivity index (χ4v) is 3.04. The van der Waals surface area contributed by atoms with Crippen molar-refractivity contribution in [3.05, 3.63) is 35.4 Å². The first-order chi connectivity index (χ1) is 11.3. The highest BCUT2D eigenvalue weighted by Gasteiger charge is 2.30. The van der Waals surface area contributed by atoms with Crippen LogP contribution in [-0.4, -0.2) is 35.7 Å². The minimum Gasteiger partial charge on any atom is -0.396 e. The summed E-state index contributed by atoms with van der Waals surface area (Å²) in [6, 6.07) is 4.77. The molecule has 0 aliphatic heterocycles. The molecule has 1 aromatic carbocycles. The lowest BCUT2D eigenvalue weighted by Gasteiger charge is -2.34. The Balaban J connectivity index is 1.87. The number of aliphatic hydroxyl groups is 1. The number of urea groups is 1. The van der Waals surface area contributed by atoms with E-state index in [0.29, 0.717) is 11.5 Å². The van der Waals surface area contributed by atoms with Crippen molar-refractivity contribution in [2.45, 2.75) is 44.4 Å². The van der Waals surface area contributed by atoms with Crippen LogP contribution in [0.3, 0.4) is 0 Å². The summed E-state index contributed by atoms with van der Waals surface area (Å²) in [6.45, 7) is 0.233. The van der Waals surface area contributed by atoms with Crippen LogP contribution in [0.1, 0.15) is 36.8 Å². The molecule has 0 saturated heterocycles. The largest absolute Gasteiger partial charge is 0.416 e. The maximum absolute atomic E-state index is 12.7. The summed E-state index contributed by atoms with van der Waals surface area (Å²) in [5.74, 6) is 0.308. The Morgan fingerprint density at radius 2 is 1.96 bits per heavy atom. The van der Waals surface area contributed by atoms with Crippen LogP contribution in [0, 0.1) is 5.92 Å². The Bertz CT molecular complexity index is 555. The Hall–Kier alpha value is -1.76. The number of nitrogens with zero attached hydrogens (tertiary/aromatic N) is 1. The quantitative estimate of drug-likeness (QED) is 0.880. The smallest absolute Gasteiger partial charge is 0.396 e. The van der Waals surface area contributed by atoms with Crippen molar-refractivity contribution in [1.82, 2.24) is 10.2 Å². The van der Waals surface area contributed by atoms with Gasteiger partial charge in [-0.2, -0.15) is 13.2 Å². The van der Waals surface area contributed by atoms with Crippen molar-refractivity contribution in [2.75, 3.05) is 13.7 Å². The Kier molecular flexibility index (Phi) is 6.10. The lowest BCUT2D eigenvalue weighted by molar-refractivity contribution is -0.137. The van der Waals surface area contributed by atoms with E-state index in [2.05, 4.69) is 5.32 Å². The van der Waals surface area contributed by atoms with Gasteiger partial charge in [-0.3, -0.25) is 0 Å². The van der Waals surface area contributed by atoms with E-state index in [1.54, 1.807) is 18.0 Å². The third-order valence-electron chi connectivity index (χ3n) is 4.64. The zero-order chi connectivity index (χ0) is 17.7. The van der Waals surface area contributed by atoms with Gasteiger partial charge in [0.25, 0.3) is 0 Å². The van der Waals surface area contributed by atoms with Gasteiger partial charge in [-0.25, -0.2) is 4.79 Å². The van der Waals surface area contributed by atoms with E-state index < -0.39 is 11.7 Å². The van der Waals surface area contributed by atoms with Gasteiger partial charge in [-0.05, 0) is 49.3 Å². The molecule has 0 radical (unpaired) electrons. The van der Waals surface area contributed by atoms with Crippen LogP contribution in [-0.2, 0) is 12.7 Å². The van der Waals surface area contributed by atoms with Crippen LogP contribution >= 0.6 is 0 Å². The number of carbonyl (C=O) groups excluding carboxylic acids is 1. The Labute approximate surface area is 139 Å². The molecule has 0 aromatic heterocycles. The first-order valence-electron chi connectivity index (χ1n) is 8.09. The van der Waals surface area contributed by atoms with Crippen molar-refractivity contribution < 1.29 is 23.1 Å². The highest BCUT2D eigenvalue weighted by atomic mass is 19.4. The number of alkyl halides is 3. The first-order valence-corrected chi connectivity index (χ1v) is 8.09. The third-order valence-corrected chi connectivity index (χ3v) is 4.64. The molecule has 2 rings (SSSR count). The Morgan fingerprint density at radius 1 is 1.29 bits per heavy atom. The van der Waals surface area contributed by atoms with Gasteiger partial charge >= 0.3 is 12.2 Å². The van der Waals surface area contributed by atoms with Crippen LogP contribution in [0.15, 0.2) is 24.3 Å². The molecule has 0 heterocycles. The molecular weight excluding hydrogens is 321 g/mol. The second-order valence-electron chi connectivity index (χ2n) is 6.32. The fourth-order valence-electron chi connectivity index (χ4n) is 3.04. The van der Waals surface area contributed by atoms with Crippen molar-refractivity contribution in [3.63, 3.8) is 0 Å². The SMILES string of the molecule is CN(C(=O)NCc1cccc(C(F)(F)F)c1)C1CCC(CO)CC1. The zero-order valence-electron chi connectivity index (χ0n) is 13.6. The Morgan fingerprint density at radius 3 is 2.54 bits per heavy atom. The van der Waals surface area contributed by atoms with Crippen LogP contribution in [0.2, 0.25) is 0 Å². The first kappa shape index (κ1) is 18.6. The van der Waals surface area contributed by atoms with E-state index in [1.807, 2.05) is 0 Å². The molecule has 24 heavy (non-hydrogen) atoms. The lowest BCUT2D eigenvalue weighted by atomic mass is 9.86. The highest BCUT2D eigenvalue weighted by molar-refractivity contribution is 5.74. The minimum absolute atomic E-state index is 0.0546. The summed E-state index contributed by atoms with van der Waals surface area (Å²) in [5.41, 5.74) is -0.305.